The second-order valence-electron chi connectivity index (χ2n) is 6.40. The van der Waals surface area contributed by atoms with E-state index in [0.717, 1.165) is 25.7 Å². The van der Waals surface area contributed by atoms with Crippen LogP contribution in [0.3, 0.4) is 0 Å². The molecular formula is C16H28N2O3. The Morgan fingerprint density at radius 1 is 1.14 bits per heavy atom. The highest BCUT2D eigenvalue weighted by atomic mass is 16.6. The monoisotopic (exact) mass is 296 g/mol. The van der Waals surface area contributed by atoms with Gasteiger partial charge in [-0.2, -0.15) is 5.26 Å². The summed E-state index contributed by atoms with van der Waals surface area (Å²) >= 11 is 0. The Bertz CT molecular complexity index is 393. The van der Waals surface area contributed by atoms with Crippen molar-refractivity contribution in [2.24, 2.45) is 0 Å². The molecule has 1 unspecified atom stereocenters. The number of esters is 1. The fourth-order valence-electron chi connectivity index (χ4n) is 2.00. The van der Waals surface area contributed by atoms with Gasteiger partial charge in [-0.25, -0.2) is 0 Å². The van der Waals surface area contributed by atoms with Crippen LogP contribution in [0.1, 0.15) is 73.1 Å². The highest BCUT2D eigenvalue weighted by molar-refractivity contribution is 5.91. The second-order valence-corrected chi connectivity index (χ2v) is 6.40. The third-order valence-electron chi connectivity index (χ3n) is 2.99. The molecule has 0 spiro atoms. The average Bonchev–Trinajstić information content (AvgIpc) is 2.34. The van der Waals surface area contributed by atoms with Crippen molar-refractivity contribution in [1.29, 1.82) is 5.26 Å². The van der Waals surface area contributed by atoms with Gasteiger partial charge >= 0.3 is 5.97 Å². The first-order valence-corrected chi connectivity index (χ1v) is 7.60. The van der Waals surface area contributed by atoms with Crippen LogP contribution < -0.4 is 5.32 Å². The van der Waals surface area contributed by atoms with E-state index < -0.39 is 23.0 Å². The Morgan fingerprint density at radius 2 is 1.71 bits per heavy atom. The highest BCUT2D eigenvalue weighted by Gasteiger charge is 2.43. The van der Waals surface area contributed by atoms with Crippen molar-refractivity contribution in [3.05, 3.63) is 0 Å². The molecule has 0 bridgehead atoms. The summed E-state index contributed by atoms with van der Waals surface area (Å²) < 4.78 is 5.09. The van der Waals surface area contributed by atoms with Crippen LogP contribution in [-0.4, -0.2) is 23.0 Å². The van der Waals surface area contributed by atoms with Gasteiger partial charge in [-0.1, -0.05) is 32.6 Å². The summed E-state index contributed by atoms with van der Waals surface area (Å²) in [6.07, 6.45) is 5.13. The standard InChI is InChI=1S/C16H28N2O3/c1-6-7-8-9-10-11-16(12-17,21-13(2)19)14(20)18-15(3,4)5/h6-11H2,1-5H3,(H,18,20). The van der Waals surface area contributed by atoms with E-state index in [4.69, 9.17) is 4.74 Å². The molecule has 0 aliphatic rings. The Morgan fingerprint density at radius 3 is 2.14 bits per heavy atom. The van der Waals surface area contributed by atoms with Gasteiger partial charge < -0.3 is 10.1 Å². The minimum atomic E-state index is -1.72. The number of hydrogen-bond donors (Lipinski definition) is 1. The molecule has 0 saturated heterocycles. The molecule has 0 aromatic heterocycles. The average molecular weight is 296 g/mol. The van der Waals surface area contributed by atoms with Gasteiger partial charge in [0.15, 0.2) is 0 Å². The molecule has 0 aliphatic heterocycles. The second kappa shape index (κ2) is 8.66. The smallest absolute Gasteiger partial charge is 0.304 e. The lowest BCUT2D eigenvalue weighted by Gasteiger charge is -2.29. The largest absolute Gasteiger partial charge is 0.434 e. The summed E-state index contributed by atoms with van der Waals surface area (Å²) in [5.74, 6) is -1.16. The molecule has 120 valence electrons. The maximum absolute atomic E-state index is 12.4. The van der Waals surface area contributed by atoms with Gasteiger partial charge in [0.05, 0.1) is 0 Å². The molecule has 0 radical (unpaired) electrons. The first kappa shape index (κ1) is 19.4. The molecule has 1 N–H and O–H groups in total. The number of ether oxygens (including phenoxy) is 1. The molecule has 0 aliphatic carbocycles. The fraction of sp³-hybridized carbons (Fsp3) is 0.812. The number of nitriles is 1. The van der Waals surface area contributed by atoms with Crippen molar-refractivity contribution >= 4 is 11.9 Å². The van der Waals surface area contributed by atoms with Gasteiger partial charge in [0.25, 0.3) is 11.5 Å². The number of amides is 1. The van der Waals surface area contributed by atoms with Crippen molar-refractivity contribution in [2.45, 2.75) is 84.3 Å². The van der Waals surface area contributed by atoms with E-state index in [1.807, 2.05) is 26.8 Å². The predicted molar refractivity (Wildman–Crippen MR) is 81.4 cm³/mol. The normalized spacial score (nSPS) is 13.9. The fourth-order valence-corrected chi connectivity index (χ4v) is 2.00. The van der Waals surface area contributed by atoms with E-state index in [0.29, 0.717) is 6.42 Å². The lowest BCUT2D eigenvalue weighted by molar-refractivity contribution is -0.162. The number of rotatable bonds is 8. The minimum absolute atomic E-state index is 0.231. The molecule has 0 heterocycles. The number of nitrogens with one attached hydrogen (secondary N) is 1. The predicted octanol–water partition coefficient (Wildman–Crippen LogP) is 3.09. The van der Waals surface area contributed by atoms with E-state index in [1.54, 1.807) is 0 Å². The van der Waals surface area contributed by atoms with E-state index >= 15 is 0 Å². The van der Waals surface area contributed by atoms with Crippen molar-refractivity contribution in [1.82, 2.24) is 5.32 Å². The zero-order valence-corrected chi connectivity index (χ0v) is 13.9. The molecule has 5 nitrogen and oxygen atoms in total. The van der Waals surface area contributed by atoms with Crippen LogP contribution in [0.5, 0.6) is 0 Å². The van der Waals surface area contributed by atoms with Crippen LogP contribution in [0.15, 0.2) is 0 Å². The Hall–Kier alpha value is -1.57. The van der Waals surface area contributed by atoms with Crippen LogP contribution in [0.4, 0.5) is 0 Å². The molecule has 1 atom stereocenters. The van der Waals surface area contributed by atoms with Gasteiger partial charge in [-0.15, -0.1) is 0 Å². The first-order valence-electron chi connectivity index (χ1n) is 7.60. The summed E-state index contributed by atoms with van der Waals surface area (Å²) in [7, 11) is 0. The summed E-state index contributed by atoms with van der Waals surface area (Å²) in [4.78, 5) is 23.6. The summed E-state index contributed by atoms with van der Waals surface area (Å²) in [5.41, 5.74) is -2.20. The van der Waals surface area contributed by atoms with Crippen LogP contribution in [0.2, 0.25) is 0 Å². The van der Waals surface area contributed by atoms with E-state index in [1.165, 1.54) is 6.92 Å². The molecule has 0 aromatic carbocycles. The molecule has 5 heteroatoms. The van der Waals surface area contributed by atoms with E-state index in [2.05, 4.69) is 12.2 Å². The maximum Gasteiger partial charge on any atom is 0.304 e. The number of unbranched alkanes of at least 4 members (excludes halogenated alkanes) is 4. The molecule has 1 amide bonds. The van der Waals surface area contributed by atoms with Crippen LogP contribution in [0, 0.1) is 11.3 Å². The van der Waals surface area contributed by atoms with Gasteiger partial charge in [-0.05, 0) is 27.2 Å². The zero-order valence-electron chi connectivity index (χ0n) is 13.9. The van der Waals surface area contributed by atoms with Crippen molar-refractivity contribution < 1.29 is 14.3 Å². The van der Waals surface area contributed by atoms with Crippen molar-refractivity contribution in [2.75, 3.05) is 0 Å². The zero-order chi connectivity index (χ0) is 16.5. The maximum atomic E-state index is 12.4. The topological polar surface area (TPSA) is 79.2 Å². The lowest BCUT2D eigenvalue weighted by Crippen LogP contribution is -2.54. The molecule has 0 aromatic rings. The molecule has 0 rings (SSSR count). The Labute approximate surface area is 128 Å². The van der Waals surface area contributed by atoms with E-state index in [9.17, 15) is 14.9 Å². The van der Waals surface area contributed by atoms with Crippen LogP contribution in [-0.2, 0) is 14.3 Å². The van der Waals surface area contributed by atoms with Crippen molar-refractivity contribution in [3.8, 4) is 6.07 Å². The van der Waals surface area contributed by atoms with Crippen LogP contribution in [0.25, 0.3) is 0 Å². The number of carbonyl (C=O) groups is 2. The Balaban J connectivity index is 4.87. The van der Waals surface area contributed by atoms with Crippen LogP contribution >= 0.6 is 0 Å². The summed E-state index contributed by atoms with van der Waals surface area (Å²) in [6, 6.07) is 1.91. The molecule has 0 saturated carbocycles. The number of nitrogens with zero attached hydrogens (tertiary/aromatic N) is 1. The number of hydrogen-bond acceptors (Lipinski definition) is 4. The van der Waals surface area contributed by atoms with Gasteiger partial charge in [0, 0.05) is 18.9 Å². The first-order chi connectivity index (χ1) is 9.67. The Kier molecular flexibility index (Phi) is 8.01. The third-order valence-corrected chi connectivity index (χ3v) is 2.99. The van der Waals surface area contributed by atoms with Crippen molar-refractivity contribution in [3.63, 3.8) is 0 Å². The third kappa shape index (κ3) is 7.69. The quantitative estimate of drug-likeness (QED) is 0.551. The van der Waals surface area contributed by atoms with Gasteiger partial charge in [0.2, 0.25) is 0 Å². The molecule has 21 heavy (non-hydrogen) atoms. The summed E-state index contributed by atoms with van der Waals surface area (Å²) in [5, 5.41) is 12.1. The van der Waals surface area contributed by atoms with Gasteiger partial charge in [-0.3, -0.25) is 9.59 Å². The van der Waals surface area contributed by atoms with E-state index in [-0.39, 0.29) is 6.42 Å². The van der Waals surface area contributed by atoms with Gasteiger partial charge in [0.1, 0.15) is 6.07 Å². The molecular weight excluding hydrogens is 268 g/mol. The highest BCUT2D eigenvalue weighted by Crippen LogP contribution is 2.22. The summed E-state index contributed by atoms with van der Waals surface area (Å²) in [6.45, 7) is 8.80. The molecule has 0 fully saturated rings. The lowest BCUT2D eigenvalue weighted by atomic mass is 9.94. The minimum Gasteiger partial charge on any atom is -0.434 e. The number of carbonyl (C=O) groups excluding carboxylic acids is 2. The SMILES string of the molecule is CCCCCCCC(C#N)(OC(C)=O)C(=O)NC(C)(C)C.